The molecule has 96 valence electrons. The van der Waals surface area contributed by atoms with Crippen molar-refractivity contribution in [3.63, 3.8) is 0 Å². The van der Waals surface area contributed by atoms with E-state index in [0.29, 0.717) is 10.6 Å². The third-order valence-electron chi connectivity index (χ3n) is 3.11. The zero-order chi connectivity index (χ0) is 12.7. The zero-order valence-electron chi connectivity index (χ0n) is 10.7. The van der Waals surface area contributed by atoms with Gasteiger partial charge in [-0.3, -0.25) is 4.98 Å². The van der Waals surface area contributed by atoms with Gasteiger partial charge in [-0.25, -0.2) is 4.39 Å². The normalized spacial score (nSPS) is 11.1. The molecule has 1 heterocycles. The van der Waals surface area contributed by atoms with Crippen LogP contribution in [0.3, 0.4) is 0 Å². The van der Waals surface area contributed by atoms with E-state index >= 15 is 0 Å². The molecule has 0 saturated heterocycles. The molecule has 0 saturated carbocycles. The van der Waals surface area contributed by atoms with E-state index in [-0.39, 0.29) is 11.7 Å². The molecule has 17 heavy (non-hydrogen) atoms. The van der Waals surface area contributed by atoms with E-state index in [1.54, 1.807) is 6.20 Å². The van der Waals surface area contributed by atoms with E-state index in [1.165, 1.54) is 6.20 Å². The molecular formula is C14H21ClFN. The molecule has 0 N–H and O–H groups in total. The largest absolute Gasteiger partial charge is 0.260 e. The Hall–Kier alpha value is -0.630. The fraction of sp³-hybridized carbons (Fsp3) is 0.643. The first kappa shape index (κ1) is 14.4. The summed E-state index contributed by atoms with van der Waals surface area (Å²) in [5, 5.41) is 0.474. The number of nitrogens with zero attached hydrogens (tertiary/aromatic N) is 1. The molecule has 0 aliphatic heterocycles. The summed E-state index contributed by atoms with van der Waals surface area (Å²) in [7, 11) is 0. The Morgan fingerprint density at radius 2 is 1.76 bits per heavy atom. The predicted octanol–water partition coefficient (Wildman–Crippen LogP) is 5.34. The fourth-order valence-electron chi connectivity index (χ4n) is 2.15. The van der Waals surface area contributed by atoms with Gasteiger partial charge in [-0.05, 0) is 18.8 Å². The SMILES string of the molecule is CCCCC(CCCC)c1c(F)cncc1Cl. The standard InChI is InChI=1S/C14H21ClFN/c1-3-5-7-11(8-6-4-2)14-12(15)9-17-10-13(14)16/h9-11H,3-8H2,1-2H3. The maximum atomic E-state index is 13.8. The van der Waals surface area contributed by atoms with Crippen molar-refractivity contribution in [1.29, 1.82) is 0 Å². The quantitative estimate of drug-likeness (QED) is 0.643. The Labute approximate surface area is 108 Å². The number of aromatic nitrogens is 1. The highest BCUT2D eigenvalue weighted by Crippen LogP contribution is 2.33. The Kier molecular flexibility index (Phi) is 6.49. The number of rotatable bonds is 7. The van der Waals surface area contributed by atoms with Gasteiger partial charge in [0.1, 0.15) is 5.82 Å². The monoisotopic (exact) mass is 257 g/mol. The maximum Gasteiger partial charge on any atom is 0.146 e. The summed E-state index contributed by atoms with van der Waals surface area (Å²) in [4.78, 5) is 3.78. The fourth-order valence-corrected chi connectivity index (χ4v) is 2.45. The van der Waals surface area contributed by atoms with Crippen molar-refractivity contribution >= 4 is 11.6 Å². The summed E-state index contributed by atoms with van der Waals surface area (Å²) in [5.74, 6) is -0.0138. The Morgan fingerprint density at radius 1 is 1.18 bits per heavy atom. The van der Waals surface area contributed by atoms with Crippen LogP contribution in [0.15, 0.2) is 12.4 Å². The molecule has 1 aromatic heterocycles. The average Bonchev–Trinajstić information content (AvgIpc) is 2.31. The van der Waals surface area contributed by atoms with Crippen molar-refractivity contribution in [2.45, 2.75) is 58.3 Å². The number of hydrogen-bond acceptors (Lipinski definition) is 1. The summed E-state index contributed by atoms with van der Waals surface area (Å²) in [6, 6.07) is 0. The molecule has 0 amide bonds. The lowest BCUT2D eigenvalue weighted by molar-refractivity contribution is 0.495. The van der Waals surface area contributed by atoms with E-state index in [1.807, 2.05) is 0 Å². The maximum absolute atomic E-state index is 13.8. The summed E-state index contributed by atoms with van der Waals surface area (Å²) in [5.41, 5.74) is 0.670. The number of hydrogen-bond donors (Lipinski definition) is 0. The summed E-state index contributed by atoms with van der Waals surface area (Å²) >= 11 is 6.08. The van der Waals surface area contributed by atoms with Gasteiger partial charge in [0.05, 0.1) is 11.2 Å². The predicted molar refractivity (Wildman–Crippen MR) is 71.0 cm³/mol. The summed E-state index contributed by atoms with van der Waals surface area (Å²) in [6.45, 7) is 4.31. The smallest absolute Gasteiger partial charge is 0.146 e. The second-order valence-electron chi connectivity index (χ2n) is 4.50. The summed E-state index contributed by atoms with van der Waals surface area (Å²) < 4.78 is 13.8. The highest BCUT2D eigenvalue weighted by Gasteiger charge is 2.18. The Bertz CT molecular complexity index is 313. The number of unbranched alkanes of at least 4 members (excludes halogenated alkanes) is 2. The van der Waals surface area contributed by atoms with Crippen molar-refractivity contribution in [3.8, 4) is 0 Å². The van der Waals surface area contributed by atoms with E-state index < -0.39 is 0 Å². The van der Waals surface area contributed by atoms with Gasteiger partial charge in [0.2, 0.25) is 0 Å². The molecule has 0 aromatic carbocycles. The molecule has 0 aliphatic rings. The van der Waals surface area contributed by atoms with Crippen LogP contribution in [0.25, 0.3) is 0 Å². The molecule has 0 atom stereocenters. The highest BCUT2D eigenvalue weighted by molar-refractivity contribution is 6.31. The molecule has 1 aromatic rings. The lowest BCUT2D eigenvalue weighted by Gasteiger charge is -2.18. The first-order chi connectivity index (χ1) is 8.20. The van der Waals surface area contributed by atoms with Gasteiger partial charge in [-0.2, -0.15) is 0 Å². The van der Waals surface area contributed by atoms with Crippen LogP contribution in [-0.2, 0) is 0 Å². The minimum atomic E-state index is -0.255. The Morgan fingerprint density at radius 3 is 2.24 bits per heavy atom. The molecular weight excluding hydrogens is 237 g/mol. The molecule has 0 bridgehead atoms. The van der Waals surface area contributed by atoms with Crippen LogP contribution in [0.2, 0.25) is 5.02 Å². The molecule has 0 fully saturated rings. The number of halogens is 2. The van der Waals surface area contributed by atoms with Gasteiger partial charge < -0.3 is 0 Å². The second-order valence-corrected chi connectivity index (χ2v) is 4.91. The van der Waals surface area contributed by atoms with Crippen LogP contribution in [0, 0.1) is 5.82 Å². The van der Waals surface area contributed by atoms with Gasteiger partial charge in [0.25, 0.3) is 0 Å². The van der Waals surface area contributed by atoms with Crippen molar-refractivity contribution in [2.75, 3.05) is 0 Å². The van der Waals surface area contributed by atoms with Crippen LogP contribution >= 0.6 is 11.6 Å². The zero-order valence-corrected chi connectivity index (χ0v) is 11.4. The Balaban J connectivity index is 2.86. The molecule has 0 unspecified atom stereocenters. The van der Waals surface area contributed by atoms with Gasteiger partial charge in [-0.15, -0.1) is 0 Å². The molecule has 3 heteroatoms. The van der Waals surface area contributed by atoms with Gasteiger partial charge >= 0.3 is 0 Å². The van der Waals surface area contributed by atoms with Crippen molar-refractivity contribution in [3.05, 3.63) is 28.8 Å². The van der Waals surface area contributed by atoms with E-state index in [0.717, 1.165) is 38.5 Å². The first-order valence-electron chi connectivity index (χ1n) is 6.49. The molecule has 0 aliphatic carbocycles. The lowest BCUT2D eigenvalue weighted by Crippen LogP contribution is -2.04. The van der Waals surface area contributed by atoms with E-state index in [4.69, 9.17) is 11.6 Å². The van der Waals surface area contributed by atoms with Crippen LogP contribution in [0.1, 0.15) is 63.9 Å². The van der Waals surface area contributed by atoms with Crippen LogP contribution < -0.4 is 0 Å². The van der Waals surface area contributed by atoms with Crippen LogP contribution in [0.5, 0.6) is 0 Å². The topological polar surface area (TPSA) is 12.9 Å². The molecule has 1 rings (SSSR count). The lowest BCUT2D eigenvalue weighted by atomic mass is 9.89. The molecule has 0 radical (unpaired) electrons. The second kappa shape index (κ2) is 7.65. The third kappa shape index (κ3) is 4.27. The van der Waals surface area contributed by atoms with Crippen LogP contribution in [-0.4, -0.2) is 4.98 Å². The van der Waals surface area contributed by atoms with E-state index in [9.17, 15) is 4.39 Å². The minimum Gasteiger partial charge on any atom is -0.260 e. The average molecular weight is 258 g/mol. The number of pyridine rings is 1. The third-order valence-corrected chi connectivity index (χ3v) is 3.41. The van der Waals surface area contributed by atoms with Crippen LogP contribution in [0.4, 0.5) is 4.39 Å². The van der Waals surface area contributed by atoms with E-state index in [2.05, 4.69) is 18.8 Å². The molecule has 0 spiro atoms. The van der Waals surface area contributed by atoms with Crippen molar-refractivity contribution in [1.82, 2.24) is 4.98 Å². The first-order valence-corrected chi connectivity index (χ1v) is 6.87. The van der Waals surface area contributed by atoms with Crippen molar-refractivity contribution in [2.24, 2.45) is 0 Å². The van der Waals surface area contributed by atoms with Gasteiger partial charge in [-0.1, -0.05) is 51.1 Å². The summed E-state index contributed by atoms with van der Waals surface area (Å²) in [6.07, 6.45) is 9.34. The van der Waals surface area contributed by atoms with Gasteiger partial charge in [0.15, 0.2) is 0 Å². The van der Waals surface area contributed by atoms with Crippen molar-refractivity contribution < 1.29 is 4.39 Å². The minimum absolute atomic E-state index is 0.241. The van der Waals surface area contributed by atoms with Gasteiger partial charge in [0, 0.05) is 11.8 Å². The highest BCUT2D eigenvalue weighted by atomic mass is 35.5. The molecule has 1 nitrogen and oxygen atoms in total.